The average molecular weight is 392 g/mol. The highest BCUT2D eigenvalue weighted by molar-refractivity contribution is 7.15. The van der Waals surface area contributed by atoms with Crippen LogP contribution >= 0.6 is 11.3 Å². The maximum Gasteiger partial charge on any atom is 0.264 e. The number of benzene rings is 2. The van der Waals surface area contributed by atoms with Crippen LogP contribution in [0.15, 0.2) is 47.8 Å². The van der Waals surface area contributed by atoms with Gasteiger partial charge in [-0.05, 0) is 38.5 Å². The third kappa shape index (κ3) is 3.75. The fourth-order valence-corrected chi connectivity index (χ4v) is 3.79. The van der Waals surface area contributed by atoms with Gasteiger partial charge in [0.2, 0.25) is 4.96 Å². The third-order valence-electron chi connectivity index (χ3n) is 4.38. The summed E-state index contributed by atoms with van der Waals surface area (Å²) in [6, 6.07) is 13.9. The zero-order valence-corrected chi connectivity index (χ0v) is 16.7. The van der Waals surface area contributed by atoms with E-state index in [4.69, 9.17) is 4.74 Å². The summed E-state index contributed by atoms with van der Waals surface area (Å²) in [5.74, 6) is 0.624. The van der Waals surface area contributed by atoms with E-state index >= 15 is 0 Å². The first kappa shape index (κ1) is 18.2. The Labute approximate surface area is 166 Å². The highest BCUT2D eigenvalue weighted by Gasteiger charge is 2.15. The molecule has 142 valence electrons. The van der Waals surface area contributed by atoms with Gasteiger partial charge in [-0.1, -0.05) is 41.5 Å². The molecule has 7 heteroatoms. The molecule has 0 unspecified atom stereocenters. The van der Waals surface area contributed by atoms with Crippen LogP contribution in [-0.2, 0) is 4.79 Å². The largest absolute Gasteiger partial charge is 0.484 e. The molecule has 1 amide bonds. The summed E-state index contributed by atoms with van der Waals surface area (Å²) in [5.41, 5.74) is 5.59. The van der Waals surface area contributed by atoms with Gasteiger partial charge in [0.15, 0.2) is 6.61 Å². The molecule has 0 aliphatic rings. The monoisotopic (exact) mass is 392 g/mol. The first-order valence-corrected chi connectivity index (χ1v) is 9.79. The molecule has 0 radical (unpaired) electrons. The molecular weight excluding hydrogens is 372 g/mol. The van der Waals surface area contributed by atoms with Crippen LogP contribution in [0.1, 0.15) is 16.7 Å². The van der Waals surface area contributed by atoms with E-state index in [1.807, 2.05) is 36.6 Å². The molecule has 0 spiro atoms. The first-order chi connectivity index (χ1) is 13.5. The predicted molar refractivity (Wildman–Crippen MR) is 111 cm³/mol. The van der Waals surface area contributed by atoms with E-state index in [0.29, 0.717) is 5.75 Å². The number of nitrogens with one attached hydrogen (secondary N) is 1. The minimum absolute atomic E-state index is 0.0974. The van der Waals surface area contributed by atoms with Crippen molar-refractivity contribution >= 4 is 28.2 Å². The highest BCUT2D eigenvalue weighted by atomic mass is 32.1. The van der Waals surface area contributed by atoms with Crippen LogP contribution in [0.4, 0.5) is 5.95 Å². The van der Waals surface area contributed by atoms with Crippen molar-refractivity contribution in [2.24, 2.45) is 0 Å². The summed E-state index contributed by atoms with van der Waals surface area (Å²) in [6.07, 6.45) is 0. The molecule has 0 bridgehead atoms. The number of carbonyl (C=O) groups excluding carboxylic acids is 1. The standard InChI is InChI=1S/C21H20N4O2S/c1-13-4-7-16(8-5-13)27-11-19(26)22-20-23-21-25(24-20)18(12-28-21)17-9-6-14(2)10-15(17)3/h4-10,12H,11H2,1-3H3,(H,22,24,26). The van der Waals surface area contributed by atoms with Gasteiger partial charge in [0.1, 0.15) is 5.75 Å². The number of rotatable bonds is 5. The van der Waals surface area contributed by atoms with Gasteiger partial charge in [0, 0.05) is 10.9 Å². The summed E-state index contributed by atoms with van der Waals surface area (Å²) >= 11 is 1.49. The molecule has 0 fully saturated rings. The molecule has 0 saturated carbocycles. The first-order valence-electron chi connectivity index (χ1n) is 8.91. The number of nitrogens with zero attached hydrogens (tertiary/aromatic N) is 3. The highest BCUT2D eigenvalue weighted by Crippen LogP contribution is 2.28. The number of aromatic nitrogens is 3. The number of fused-ring (bicyclic) bond motifs is 1. The molecule has 4 aromatic rings. The van der Waals surface area contributed by atoms with E-state index in [1.54, 1.807) is 4.52 Å². The van der Waals surface area contributed by atoms with Crippen molar-refractivity contribution < 1.29 is 9.53 Å². The van der Waals surface area contributed by atoms with Crippen LogP contribution in [0.3, 0.4) is 0 Å². The summed E-state index contributed by atoms with van der Waals surface area (Å²) in [4.78, 5) is 17.3. The molecule has 1 N–H and O–H groups in total. The van der Waals surface area contributed by atoms with Crippen molar-refractivity contribution in [2.45, 2.75) is 20.8 Å². The van der Waals surface area contributed by atoms with E-state index in [9.17, 15) is 4.79 Å². The minimum Gasteiger partial charge on any atom is -0.484 e. The number of carbonyl (C=O) groups is 1. The Balaban J connectivity index is 1.48. The molecule has 0 aliphatic carbocycles. The van der Waals surface area contributed by atoms with Gasteiger partial charge in [-0.25, -0.2) is 4.52 Å². The zero-order chi connectivity index (χ0) is 19.7. The van der Waals surface area contributed by atoms with Crippen LogP contribution in [0.25, 0.3) is 16.2 Å². The number of ether oxygens (including phenoxy) is 1. The second-order valence-electron chi connectivity index (χ2n) is 6.72. The average Bonchev–Trinajstić information content (AvgIpc) is 3.22. The summed E-state index contributed by atoms with van der Waals surface area (Å²) in [6.45, 7) is 6.05. The van der Waals surface area contributed by atoms with Gasteiger partial charge in [0.25, 0.3) is 11.9 Å². The molecule has 4 rings (SSSR count). The smallest absolute Gasteiger partial charge is 0.264 e. The van der Waals surface area contributed by atoms with Gasteiger partial charge in [0.05, 0.1) is 5.69 Å². The van der Waals surface area contributed by atoms with E-state index in [1.165, 1.54) is 22.5 Å². The van der Waals surface area contributed by atoms with Gasteiger partial charge < -0.3 is 4.74 Å². The Morgan fingerprint density at radius 3 is 2.61 bits per heavy atom. The third-order valence-corrected chi connectivity index (χ3v) is 5.20. The van der Waals surface area contributed by atoms with Crippen molar-refractivity contribution in [3.8, 4) is 17.0 Å². The van der Waals surface area contributed by atoms with Crippen LogP contribution < -0.4 is 10.1 Å². The van der Waals surface area contributed by atoms with E-state index < -0.39 is 0 Å². The van der Waals surface area contributed by atoms with Crippen molar-refractivity contribution in [3.05, 3.63) is 64.5 Å². The number of hydrogen-bond donors (Lipinski definition) is 1. The number of aryl methyl sites for hydroxylation is 3. The number of anilines is 1. The second-order valence-corrected chi connectivity index (χ2v) is 7.56. The SMILES string of the molecule is Cc1ccc(OCC(=O)Nc2nc3scc(-c4ccc(C)cc4C)n3n2)cc1. The van der Waals surface area contributed by atoms with E-state index in [-0.39, 0.29) is 18.5 Å². The fourth-order valence-electron chi connectivity index (χ4n) is 2.97. The molecule has 0 atom stereocenters. The molecule has 28 heavy (non-hydrogen) atoms. The predicted octanol–water partition coefficient (Wildman–Crippen LogP) is 4.40. The lowest BCUT2D eigenvalue weighted by Gasteiger charge is -2.06. The Hall–Kier alpha value is -3.19. The van der Waals surface area contributed by atoms with Crippen molar-refractivity contribution in [3.63, 3.8) is 0 Å². The minimum atomic E-state index is -0.299. The number of amides is 1. The van der Waals surface area contributed by atoms with Crippen molar-refractivity contribution in [1.29, 1.82) is 0 Å². The number of hydrogen-bond acceptors (Lipinski definition) is 5. The Morgan fingerprint density at radius 1 is 1.11 bits per heavy atom. The fraction of sp³-hybridized carbons (Fsp3) is 0.190. The lowest BCUT2D eigenvalue weighted by Crippen LogP contribution is -2.20. The molecule has 6 nitrogen and oxygen atoms in total. The van der Waals surface area contributed by atoms with Crippen molar-refractivity contribution in [2.75, 3.05) is 11.9 Å². The van der Waals surface area contributed by atoms with Gasteiger partial charge in [-0.3, -0.25) is 10.1 Å². The Morgan fingerprint density at radius 2 is 1.86 bits per heavy atom. The molecule has 0 saturated heterocycles. The van der Waals surface area contributed by atoms with Crippen LogP contribution in [-0.4, -0.2) is 27.1 Å². The van der Waals surface area contributed by atoms with Gasteiger partial charge in [-0.2, -0.15) is 4.98 Å². The summed E-state index contributed by atoms with van der Waals surface area (Å²) in [5, 5.41) is 9.18. The number of thiazole rings is 1. The molecule has 2 aromatic carbocycles. The maximum absolute atomic E-state index is 12.2. The van der Waals surface area contributed by atoms with Crippen molar-refractivity contribution in [1.82, 2.24) is 14.6 Å². The summed E-state index contributed by atoms with van der Waals surface area (Å²) in [7, 11) is 0. The second kappa shape index (κ2) is 7.44. The molecule has 2 heterocycles. The Bertz CT molecular complexity index is 1150. The normalized spacial score (nSPS) is 11.0. The molecular formula is C21H20N4O2S. The maximum atomic E-state index is 12.2. The van der Waals surface area contributed by atoms with Gasteiger partial charge >= 0.3 is 0 Å². The van der Waals surface area contributed by atoms with Crippen LogP contribution in [0.2, 0.25) is 0 Å². The van der Waals surface area contributed by atoms with Crippen LogP contribution in [0, 0.1) is 20.8 Å². The molecule has 2 aromatic heterocycles. The Kier molecular flexibility index (Phi) is 4.83. The van der Waals surface area contributed by atoms with Gasteiger partial charge in [-0.15, -0.1) is 16.4 Å². The zero-order valence-electron chi connectivity index (χ0n) is 15.9. The van der Waals surface area contributed by atoms with Crippen LogP contribution in [0.5, 0.6) is 5.75 Å². The molecule has 0 aliphatic heterocycles. The topological polar surface area (TPSA) is 68.5 Å². The van der Waals surface area contributed by atoms with E-state index in [0.717, 1.165) is 21.8 Å². The summed E-state index contributed by atoms with van der Waals surface area (Å²) < 4.78 is 7.26. The quantitative estimate of drug-likeness (QED) is 0.547. The van der Waals surface area contributed by atoms with E-state index in [2.05, 4.69) is 47.4 Å². The lowest BCUT2D eigenvalue weighted by atomic mass is 10.0. The lowest BCUT2D eigenvalue weighted by molar-refractivity contribution is -0.118.